The van der Waals surface area contributed by atoms with Crippen molar-refractivity contribution in [2.45, 2.75) is 6.10 Å². The Hall–Kier alpha value is -1.81. The zero-order valence-electron chi connectivity index (χ0n) is 7.84. The van der Waals surface area contributed by atoms with Gasteiger partial charge in [-0.2, -0.15) is 0 Å². The van der Waals surface area contributed by atoms with Crippen LogP contribution in [0.4, 0.5) is 4.39 Å². The van der Waals surface area contributed by atoms with Crippen molar-refractivity contribution >= 4 is 0 Å². The van der Waals surface area contributed by atoms with E-state index in [1.165, 1.54) is 12.1 Å². The first-order valence-corrected chi connectivity index (χ1v) is 4.47. The smallest absolute Gasteiger partial charge is 0.141 e. The topological polar surface area (TPSA) is 46.0 Å². The number of hydrogen-bond acceptors (Lipinski definition) is 3. The van der Waals surface area contributed by atoms with Gasteiger partial charge >= 0.3 is 0 Å². The molecule has 1 unspecified atom stereocenters. The third-order valence-corrected chi connectivity index (χ3v) is 2.03. The molecule has 2 rings (SSSR count). The summed E-state index contributed by atoms with van der Waals surface area (Å²) in [6.45, 7) is 0. The Morgan fingerprint density at radius 3 is 2.67 bits per heavy atom. The molecule has 0 aliphatic carbocycles. The van der Waals surface area contributed by atoms with Crippen LogP contribution < -0.4 is 0 Å². The number of halogens is 1. The van der Waals surface area contributed by atoms with Crippen LogP contribution in [0.2, 0.25) is 0 Å². The molecule has 4 heteroatoms. The molecule has 0 bridgehead atoms. The Morgan fingerprint density at radius 2 is 2.07 bits per heavy atom. The fraction of sp³-hybridized carbons (Fsp3) is 0.0909. The molecule has 15 heavy (non-hydrogen) atoms. The molecule has 0 aliphatic heterocycles. The van der Waals surface area contributed by atoms with Crippen molar-refractivity contribution in [1.29, 1.82) is 0 Å². The van der Waals surface area contributed by atoms with Gasteiger partial charge in [-0.05, 0) is 18.2 Å². The number of aromatic nitrogens is 2. The first kappa shape index (κ1) is 9.73. The molecule has 2 aromatic rings. The van der Waals surface area contributed by atoms with E-state index in [9.17, 15) is 9.50 Å². The number of aliphatic hydroxyl groups is 1. The largest absolute Gasteiger partial charge is 0.382 e. The summed E-state index contributed by atoms with van der Waals surface area (Å²) in [6.07, 6.45) is 3.39. The molecular formula is C11H9FN2O. The Balaban J connectivity index is 2.29. The monoisotopic (exact) mass is 204 g/mol. The molecule has 2 aromatic heterocycles. The third-order valence-electron chi connectivity index (χ3n) is 2.03. The highest BCUT2D eigenvalue weighted by atomic mass is 19.1. The van der Waals surface area contributed by atoms with Gasteiger partial charge in [-0.1, -0.05) is 6.07 Å². The van der Waals surface area contributed by atoms with E-state index in [2.05, 4.69) is 9.97 Å². The van der Waals surface area contributed by atoms with Crippen LogP contribution in [0.3, 0.4) is 0 Å². The second-order valence-corrected chi connectivity index (χ2v) is 3.09. The fourth-order valence-corrected chi connectivity index (χ4v) is 1.26. The zero-order chi connectivity index (χ0) is 10.7. The standard InChI is InChI=1S/C11H9FN2O/c12-9-3-4-10(14-7-9)11(15)8-2-1-5-13-6-8/h1-7,11,15H. The van der Waals surface area contributed by atoms with Crippen LogP contribution in [0.1, 0.15) is 17.4 Å². The van der Waals surface area contributed by atoms with Crippen molar-refractivity contribution in [3.63, 3.8) is 0 Å². The minimum absolute atomic E-state index is 0.407. The van der Waals surface area contributed by atoms with Crippen molar-refractivity contribution in [3.8, 4) is 0 Å². The van der Waals surface area contributed by atoms with Gasteiger partial charge in [0.05, 0.1) is 11.9 Å². The Bertz CT molecular complexity index is 430. The zero-order valence-corrected chi connectivity index (χ0v) is 7.84. The van der Waals surface area contributed by atoms with E-state index in [1.54, 1.807) is 24.5 Å². The van der Waals surface area contributed by atoms with E-state index < -0.39 is 11.9 Å². The highest BCUT2D eigenvalue weighted by Gasteiger charge is 2.11. The summed E-state index contributed by atoms with van der Waals surface area (Å²) in [5.74, 6) is -0.419. The van der Waals surface area contributed by atoms with Gasteiger partial charge in [0.1, 0.15) is 11.9 Å². The van der Waals surface area contributed by atoms with Crippen LogP contribution in [0.15, 0.2) is 42.9 Å². The number of rotatable bonds is 2. The summed E-state index contributed by atoms with van der Waals surface area (Å²) >= 11 is 0. The van der Waals surface area contributed by atoms with Crippen LogP contribution in [0, 0.1) is 5.82 Å². The first-order valence-electron chi connectivity index (χ1n) is 4.47. The lowest BCUT2D eigenvalue weighted by Crippen LogP contribution is -2.02. The number of nitrogens with zero attached hydrogens (tertiary/aromatic N) is 2. The molecule has 1 atom stereocenters. The molecule has 0 saturated heterocycles. The molecule has 0 amide bonds. The summed E-state index contributed by atoms with van der Waals surface area (Å²) in [5.41, 5.74) is 1.04. The summed E-state index contributed by atoms with van der Waals surface area (Å²) in [6, 6.07) is 6.18. The molecule has 0 radical (unpaired) electrons. The van der Waals surface area contributed by atoms with Gasteiger partial charge in [-0.3, -0.25) is 9.97 Å². The van der Waals surface area contributed by atoms with E-state index >= 15 is 0 Å². The van der Waals surface area contributed by atoms with Crippen molar-refractivity contribution in [2.24, 2.45) is 0 Å². The first-order chi connectivity index (χ1) is 7.27. The van der Waals surface area contributed by atoms with E-state index in [1.807, 2.05) is 0 Å². The van der Waals surface area contributed by atoms with Crippen LogP contribution in [0.25, 0.3) is 0 Å². The quantitative estimate of drug-likeness (QED) is 0.809. The van der Waals surface area contributed by atoms with Crippen LogP contribution in [0.5, 0.6) is 0 Å². The van der Waals surface area contributed by atoms with Crippen molar-refractivity contribution in [3.05, 3.63) is 59.9 Å². The SMILES string of the molecule is OC(c1cccnc1)c1ccc(F)cn1. The van der Waals surface area contributed by atoms with Crippen molar-refractivity contribution in [2.75, 3.05) is 0 Å². The van der Waals surface area contributed by atoms with Crippen LogP contribution >= 0.6 is 0 Å². The van der Waals surface area contributed by atoms with Gasteiger partial charge in [-0.25, -0.2) is 4.39 Å². The minimum Gasteiger partial charge on any atom is -0.382 e. The molecule has 0 spiro atoms. The Kier molecular flexibility index (Phi) is 2.69. The molecule has 0 fully saturated rings. The molecule has 0 saturated carbocycles. The van der Waals surface area contributed by atoms with E-state index in [0.717, 1.165) is 6.20 Å². The van der Waals surface area contributed by atoms with E-state index in [0.29, 0.717) is 11.3 Å². The predicted octanol–water partition coefficient (Wildman–Crippen LogP) is 1.70. The molecule has 1 N–H and O–H groups in total. The summed E-state index contributed by atoms with van der Waals surface area (Å²) < 4.78 is 12.6. The molecule has 2 heterocycles. The maximum absolute atomic E-state index is 12.6. The highest BCUT2D eigenvalue weighted by molar-refractivity contribution is 5.22. The average molecular weight is 204 g/mol. The second kappa shape index (κ2) is 4.14. The maximum atomic E-state index is 12.6. The van der Waals surface area contributed by atoms with Gasteiger partial charge in [0.15, 0.2) is 0 Å². The van der Waals surface area contributed by atoms with Crippen molar-refractivity contribution < 1.29 is 9.50 Å². The lowest BCUT2D eigenvalue weighted by atomic mass is 10.1. The Morgan fingerprint density at radius 1 is 1.20 bits per heavy atom. The average Bonchev–Trinajstić information content (AvgIpc) is 2.30. The lowest BCUT2D eigenvalue weighted by molar-refractivity contribution is 0.214. The number of hydrogen-bond donors (Lipinski definition) is 1. The minimum atomic E-state index is -0.862. The molecule has 76 valence electrons. The van der Waals surface area contributed by atoms with Gasteiger partial charge in [-0.15, -0.1) is 0 Å². The van der Waals surface area contributed by atoms with E-state index in [4.69, 9.17) is 0 Å². The summed E-state index contributed by atoms with van der Waals surface area (Å²) in [5, 5.41) is 9.86. The summed E-state index contributed by atoms with van der Waals surface area (Å²) in [4.78, 5) is 7.69. The van der Waals surface area contributed by atoms with E-state index in [-0.39, 0.29) is 0 Å². The molecule has 3 nitrogen and oxygen atoms in total. The summed E-state index contributed by atoms with van der Waals surface area (Å²) in [7, 11) is 0. The molecule has 0 aliphatic rings. The second-order valence-electron chi connectivity index (χ2n) is 3.09. The lowest BCUT2D eigenvalue weighted by Gasteiger charge is -2.09. The van der Waals surface area contributed by atoms with Gasteiger partial charge < -0.3 is 5.11 Å². The fourth-order valence-electron chi connectivity index (χ4n) is 1.26. The number of pyridine rings is 2. The Labute approximate surface area is 86.3 Å². The van der Waals surface area contributed by atoms with Crippen LogP contribution in [-0.4, -0.2) is 15.1 Å². The normalized spacial score (nSPS) is 12.4. The molecular weight excluding hydrogens is 195 g/mol. The van der Waals surface area contributed by atoms with Gasteiger partial charge in [0.25, 0.3) is 0 Å². The third kappa shape index (κ3) is 2.16. The molecule has 0 aromatic carbocycles. The van der Waals surface area contributed by atoms with Gasteiger partial charge in [0, 0.05) is 18.0 Å². The predicted molar refractivity (Wildman–Crippen MR) is 52.5 cm³/mol. The van der Waals surface area contributed by atoms with Gasteiger partial charge in [0.2, 0.25) is 0 Å². The van der Waals surface area contributed by atoms with Crippen molar-refractivity contribution in [1.82, 2.24) is 9.97 Å². The highest BCUT2D eigenvalue weighted by Crippen LogP contribution is 2.18. The number of aliphatic hydroxyl groups excluding tert-OH is 1. The van der Waals surface area contributed by atoms with Crippen LogP contribution in [-0.2, 0) is 0 Å². The maximum Gasteiger partial charge on any atom is 0.141 e.